The predicted octanol–water partition coefficient (Wildman–Crippen LogP) is 1.87. The molecule has 0 aromatic carbocycles. The van der Waals surface area contributed by atoms with Gasteiger partial charge in [0.15, 0.2) is 0 Å². The van der Waals surface area contributed by atoms with Crippen molar-refractivity contribution in [1.82, 2.24) is 5.32 Å². The van der Waals surface area contributed by atoms with Crippen LogP contribution in [0.1, 0.15) is 41.0 Å². The summed E-state index contributed by atoms with van der Waals surface area (Å²) in [6, 6.07) is 0.270. The van der Waals surface area contributed by atoms with E-state index < -0.39 is 11.5 Å². The molecule has 0 amide bonds. The Bertz CT molecular complexity index is 176. The van der Waals surface area contributed by atoms with Gasteiger partial charge in [0.05, 0.1) is 0 Å². The van der Waals surface area contributed by atoms with Crippen molar-refractivity contribution >= 4 is 5.97 Å². The summed E-state index contributed by atoms with van der Waals surface area (Å²) in [5, 5.41) is 12.0. The maximum absolute atomic E-state index is 10.8. The van der Waals surface area contributed by atoms with Gasteiger partial charge in [-0.2, -0.15) is 0 Å². The van der Waals surface area contributed by atoms with Gasteiger partial charge in [-0.1, -0.05) is 20.8 Å². The summed E-state index contributed by atoms with van der Waals surface area (Å²) < 4.78 is 0. The van der Waals surface area contributed by atoms with Gasteiger partial charge in [0, 0.05) is 6.04 Å². The summed E-state index contributed by atoms with van der Waals surface area (Å²) in [6.45, 7) is 9.65. The molecule has 0 aromatic rings. The molecule has 0 saturated carbocycles. The van der Waals surface area contributed by atoms with E-state index in [-0.39, 0.29) is 6.04 Å². The lowest BCUT2D eigenvalue weighted by atomic mass is 9.96. The molecular formula is C10H21NO2. The van der Waals surface area contributed by atoms with Gasteiger partial charge >= 0.3 is 5.97 Å². The fourth-order valence-electron chi connectivity index (χ4n) is 1.27. The van der Waals surface area contributed by atoms with E-state index >= 15 is 0 Å². The molecule has 0 bridgehead atoms. The molecule has 0 heterocycles. The van der Waals surface area contributed by atoms with Crippen molar-refractivity contribution in [3.8, 4) is 0 Å². The molecule has 0 rings (SSSR count). The van der Waals surface area contributed by atoms with Gasteiger partial charge < -0.3 is 5.11 Å². The van der Waals surface area contributed by atoms with Gasteiger partial charge in [-0.3, -0.25) is 10.1 Å². The lowest BCUT2D eigenvalue weighted by molar-refractivity contribution is -0.143. The molecule has 0 radical (unpaired) electrons. The minimum absolute atomic E-state index is 0.270. The quantitative estimate of drug-likeness (QED) is 0.691. The number of nitrogens with one attached hydrogen (secondary N) is 1. The van der Waals surface area contributed by atoms with Crippen LogP contribution < -0.4 is 5.32 Å². The zero-order valence-electron chi connectivity index (χ0n) is 9.22. The van der Waals surface area contributed by atoms with E-state index in [4.69, 9.17) is 5.11 Å². The number of carboxylic acids is 1. The van der Waals surface area contributed by atoms with Crippen molar-refractivity contribution in [3.63, 3.8) is 0 Å². The Labute approximate surface area is 80.5 Å². The van der Waals surface area contributed by atoms with Crippen LogP contribution in [-0.2, 0) is 4.79 Å². The Hall–Kier alpha value is -0.570. The highest BCUT2D eigenvalue weighted by atomic mass is 16.4. The van der Waals surface area contributed by atoms with Crippen LogP contribution in [-0.4, -0.2) is 22.7 Å². The molecule has 3 heteroatoms. The van der Waals surface area contributed by atoms with Crippen molar-refractivity contribution in [1.29, 1.82) is 0 Å². The molecule has 1 unspecified atom stereocenters. The predicted molar refractivity (Wildman–Crippen MR) is 53.8 cm³/mol. The Balaban J connectivity index is 4.30. The molecule has 0 aromatic heterocycles. The third-order valence-electron chi connectivity index (χ3n) is 2.33. The second kappa shape index (κ2) is 4.61. The van der Waals surface area contributed by atoms with Gasteiger partial charge in [0.2, 0.25) is 0 Å². The summed E-state index contributed by atoms with van der Waals surface area (Å²) in [7, 11) is 0. The largest absolute Gasteiger partial charge is 0.480 e. The molecule has 3 nitrogen and oxygen atoms in total. The first-order valence-electron chi connectivity index (χ1n) is 4.82. The smallest absolute Gasteiger partial charge is 0.323 e. The molecule has 2 N–H and O–H groups in total. The number of hydrogen-bond acceptors (Lipinski definition) is 2. The summed E-state index contributed by atoms with van der Waals surface area (Å²) in [5.74, 6) is -0.338. The van der Waals surface area contributed by atoms with Crippen LogP contribution in [0, 0.1) is 5.92 Å². The maximum Gasteiger partial charge on any atom is 0.323 e. The highest BCUT2D eigenvalue weighted by Gasteiger charge is 2.29. The summed E-state index contributed by atoms with van der Waals surface area (Å²) in [5.41, 5.74) is -0.828. The number of carboxylic acid groups (broad SMARTS) is 1. The van der Waals surface area contributed by atoms with Crippen LogP contribution in [0.5, 0.6) is 0 Å². The van der Waals surface area contributed by atoms with Crippen LogP contribution in [0.3, 0.4) is 0 Å². The van der Waals surface area contributed by atoms with E-state index in [9.17, 15) is 4.79 Å². The van der Waals surface area contributed by atoms with E-state index in [1.165, 1.54) is 0 Å². The normalized spacial score (nSPS) is 14.6. The molecule has 0 aliphatic rings. The van der Waals surface area contributed by atoms with E-state index in [2.05, 4.69) is 26.1 Å². The van der Waals surface area contributed by atoms with Gasteiger partial charge in [0.25, 0.3) is 0 Å². The first kappa shape index (κ1) is 12.4. The van der Waals surface area contributed by atoms with Crippen molar-refractivity contribution in [2.24, 2.45) is 5.92 Å². The van der Waals surface area contributed by atoms with Crippen LogP contribution >= 0.6 is 0 Å². The third-order valence-corrected chi connectivity index (χ3v) is 2.33. The monoisotopic (exact) mass is 187 g/mol. The van der Waals surface area contributed by atoms with Gasteiger partial charge in [-0.25, -0.2) is 0 Å². The molecule has 0 aliphatic carbocycles. The Morgan fingerprint density at radius 1 is 1.46 bits per heavy atom. The minimum Gasteiger partial charge on any atom is -0.480 e. The minimum atomic E-state index is -0.828. The van der Waals surface area contributed by atoms with E-state index in [1.807, 2.05) is 0 Å². The first-order chi connectivity index (χ1) is 5.81. The molecular weight excluding hydrogens is 166 g/mol. The Morgan fingerprint density at radius 2 is 1.92 bits per heavy atom. The van der Waals surface area contributed by atoms with E-state index in [0.29, 0.717) is 5.92 Å². The Kier molecular flexibility index (Phi) is 4.40. The van der Waals surface area contributed by atoms with Crippen molar-refractivity contribution in [2.45, 2.75) is 52.6 Å². The number of carbonyl (C=O) groups is 1. The van der Waals surface area contributed by atoms with Crippen LogP contribution in [0.25, 0.3) is 0 Å². The standard InChI is InChI=1S/C10H21NO2/c1-6-8(7(2)3)11-10(4,5)9(12)13/h7-8,11H,6H2,1-5H3,(H,12,13). The van der Waals surface area contributed by atoms with Crippen LogP contribution in [0.4, 0.5) is 0 Å². The highest BCUT2D eigenvalue weighted by molar-refractivity contribution is 5.77. The van der Waals surface area contributed by atoms with Crippen LogP contribution in [0.2, 0.25) is 0 Å². The summed E-state index contributed by atoms with van der Waals surface area (Å²) in [4.78, 5) is 10.8. The van der Waals surface area contributed by atoms with E-state index in [0.717, 1.165) is 6.42 Å². The highest BCUT2D eigenvalue weighted by Crippen LogP contribution is 2.11. The molecule has 0 fully saturated rings. The van der Waals surface area contributed by atoms with E-state index in [1.54, 1.807) is 13.8 Å². The SMILES string of the molecule is CCC(NC(C)(C)C(=O)O)C(C)C. The fraction of sp³-hybridized carbons (Fsp3) is 0.900. The summed E-state index contributed by atoms with van der Waals surface area (Å²) in [6.07, 6.45) is 0.953. The molecule has 0 aliphatic heterocycles. The second-order valence-electron chi connectivity index (χ2n) is 4.33. The molecule has 0 spiro atoms. The summed E-state index contributed by atoms with van der Waals surface area (Å²) >= 11 is 0. The average Bonchev–Trinajstić information content (AvgIpc) is 1.99. The van der Waals surface area contributed by atoms with Gasteiger partial charge in [-0.15, -0.1) is 0 Å². The lowest BCUT2D eigenvalue weighted by Gasteiger charge is -2.30. The fourth-order valence-corrected chi connectivity index (χ4v) is 1.27. The third kappa shape index (κ3) is 3.77. The zero-order chi connectivity index (χ0) is 10.6. The number of aliphatic carboxylic acids is 1. The first-order valence-corrected chi connectivity index (χ1v) is 4.82. The maximum atomic E-state index is 10.8. The average molecular weight is 187 g/mol. The Morgan fingerprint density at radius 3 is 2.15 bits per heavy atom. The van der Waals surface area contributed by atoms with Crippen molar-refractivity contribution < 1.29 is 9.90 Å². The van der Waals surface area contributed by atoms with Gasteiger partial charge in [-0.05, 0) is 26.2 Å². The lowest BCUT2D eigenvalue weighted by Crippen LogP contribution is -2.52. The van der Waals surface area contributed by atoms with Gasteiger partial charge in [0.1, 0.15) is 5.54 Å². The van der Waals surface area contributed by atoms with Crippen molar-refractivity contribution in [3.05, 3.63) is 0 Å². The molecule has 1 atom stereocenters. The second-order valence-corrected chi connectivity index (χ2v) is 4.33. The molecule has 78 valence electrons. The molecule has 0 saturated heterocycles. The zero-order valence-corrected chi connectivity index (χ0v) is 9.22. The number of rotatable bonds is 5. The molecule has 13 heavy (non-hydrogen) atoms. The topological polar surface area (TPSA) is 49.3 Å². The van der Waals surface area contributed by atoms with Crippen molar-refractivity contribution in [2.75, 3.05) is 0 Å². The van der Waals surface area contributed by atoms with Crippen LogP contribution in [0.15, 0.2) is 0 Å². The number of hydrogen-bond donors (Lipinski definition) is 2.